The van der Waals surface area contributed by atoms with Gasteiger partial charge in [0.15, 0.2) is 0 Å². The van der Waals surface area contributed by atoms with Crippen LogP contribution in [0.4, 0.5) is 5.69 Å². The second kappa shape index (κ2) is 8.76. The number of halogens is 2. The molecule has 0 unspecified atom stereocenters. The van der Waals surface area contributed by atoms with Gasteiger partial charge in [-0.1, -0.05) is 56.1 Å². The van der Waals surface area contributed by atoms with E-state index in [9.17, 15) is 9.59 Å². The Labute approximate surface area is 182 Å². The number of carbonyl (C=O) groups is 2. The molecule has 0 bridgehead atoms. The number of anilines is 1. The van der Waals surface area contributed by atoms with Crippen LogP contribution in [0.5, 0.6) is 0 Å². The van der Waals surface area contributed by atoms with Crippen molar-refractivity contribution >= 4 is 40.7 Å². The Morgan fingerprint density at radius 2 is 1.62 bits per heavy atom. The van der Waals surface area contributed by atoms with Crippen molar-refractivity contribution in [3.63, 3.8) is 0 Å². The van der Waals surface area contributed by atoms with Gasteiger partial charge in [0.2, 0.25) is 5.91 Å². The molecule has 2 aromatic rings. The monoisotopic (exact) mass is 432 g/mol. The topological polar surface area (TPSA) is 49.4 Å². The summed E-state index contributed by atoms with van der Waals surface area (Å²) in [6, 6.07) is 12.8. The third-order valence-corrected chi connectivity index (χ3v) is 5.89. The smallest absolute Gasteiger partial charge is 0.253 e. The summed E-state index contributed by atoms with van der Waals surface area (Å²) in [5.41, 5.74) is 2.50. The third kappa shape index (κ3) is 5.31. The van der Waals surface area contributed by atoms with Crippen LogP contribution >= 0.6 is 23.2 Å². The van der Waals surface area contributed by atoms with Crippen LogP contribution in [0, 0.1) is 5.92 Å². The molecule has 6 heteroatoms. The van der Waals surface area contributed by atoms with Crippen LogP contribution in [-0.2, 0) is 10.2 Å². The zero-order valence-corrected chi connectivity index (χ0v) is 18.5. The predicted octanol–water partition coefficient (Wildman–Crippen LogP) is 5.78. The van der Waals surface area contributed by atoms with Gasteiger partial charge in [0.25, 0.3) is 5.91 Å². The first-order chi connectivity index (χ1) is 13.6. The number of rotatable bonds is 3. The highest BCUT2D eigenvalue weighted by atomic mass is 35.5. The molecule has 29 heavy (non-hydrogen) atoms. The van der Waals surface area contributed by atoms with Crippen molar-refractivity contribution in [2.45, 2.75) is 39.0 Å². The molecule has 1 aliphatic rings. The molecule has 1 aliphatic heterocycles. The minimum atomic E-state index is -0.144. The number of hydrogen-bond acceptors (Lipinski definition) is 2. The number of carbonyl (C=O) groups excluding carboxylic acids is 2. The van der Waals surface area contributed by atoms with Gasteiger partial charge in [-0.05, 0) is 54.2 Å². The van der Waals surface area contributed by atoms with Gasteiger partial charge in [-0.3, -0.25) is 9.59 Å². The zero-order chi connectivity index (χ0) is 21.2. The zero-order valence-electron chi connectivity index (χ0n) is 17.0. The Hall–Kier alpha value is -2.04. The van der Waals surface area contributed by atoms with E-state index in [1.54, 1.807) is 18.2 Å². The van der Waals surface area contributed by atoms with Crippen molar-refractivity contribution in [3.8, 4) is 0 Å². The van der Waals surface area contributed by atoms with Crippen molar-refractivity contribution < 1.29 is 9.59 Å². The Morgan fingerprint density at radius 1 is 1.00 bits per heavy atom. The van der Waals surface area contributed by atoms with E-state index in [0.29, 0.717) is 47.2 Å². The lowest BCUT2D eigenvalue weighted by Gasteiger charge is -2.31. The molecule has 1 saturated heterocycles. The number of hydrogen-bond donors (Lipinski definition) is 1. The first-order valence-electron chi connectivity index (χ1n) is 9.81. The molecule has 2 aromatic carbocycles. The Balaban J connectivity index is 1.57. The standard InChI is InChI=1S/C23H26Cl2N2O2/c1-23(2,3)17-6-4-16(5-7-17)22(29)27-12-10-15(11-13-27)21(28)26-20-9-8-18(24)14-19(20)25/h4-9,14-15H,10-13H2,1-3H3,(H,26,28). The highest BCUT2D eigenvalue weighted by Crippen LogP contribution is 2.28. The lowest BCUT2D eigenvalue weighted by atomic mass is 9.86. The van der Waals surface area contributed by atoms with Crippen LogP contribution < -0.4 is 5.32 Å². The number of benzene rings is 2. The lowest BCUT2D eigenvalue weighted by molar-refractivity contribution is -0.121. The Kier molecular flexibility index (Phi) is 6.55. The molecule has 0 aromatic heterocycles. The minimum absolute atomic E-state index is 0.0186. The molecule has 4 nitrogen and oxygen atoms in total. The van der Waals surface area contributed by atoms with Crippen LogP contribution in [0.15, 0.2) is 42.5 Å². The van der Waals surface area contributed by atoms with Gasteiger partial charge in [-0.2, -0.15) is 0 Å². The van der Waals surface area contributed by atoms with Crippen LogP contribution in [0.3, 0.4) is 0 Å². The summed E-state index contributed by atoms with van der Waals surface area (Å²) in [6.45, 7) is 7.57. The molecule has 0 atom stereocenters. The van der Waals surface area contributed by atoms with Gasteiger partial charge >= 0.3 is 0 Å². The molecule has 0 radical (unpaired) electrons. The maximum atomic E-state index is 12.8. The van der Waals surface area contributed by atoms with Crippen molar-refractivity contribution in [2.24, 2.45) is 5.92 Å². The molecule has 1 N–H and O–H groups in total. The lowest BCUT2D eigenvalue weighted by Crippen LogP contribution is -2.41. The van der Waals surface area contributed by atoms with Gasteiger partial charge in [-0.25, -0.2) is 0 Å². The van der Waals surface area contributed by atoms with Crippen LogP contribution in [-0.4, -0.2) is 29.8 Å². The Morgan fingerprint density at radius 3 is 2.17 bits per heavy atom. The summed E-state index contributed by atoms with van der Waals surface area (Å²) in [4.78, 5) is 27.2. The Bertz CT molecular complexity index is 896. The van der Waals surface area contributed by atoms with E-state index < -0.39 is 0 Å². The highest BCUT2D eigenvalue weighted by Gasteiger charge is 2.28. The van der Waals surface area contributed by atoms with Crippen molar-refractivity contribution in [2.75, 3.05) is 18.4 Å². The normalized spacial score (nSPS) is 15.3. The highest BCUT2D eigenvalue weighted by molar-refractivity contribution is 6.36. The summed E-state index contributed by atoms with van der Waals surface area (Å²) < 4.78 is 0. The van der Waals surface area contributed by atoms with E-state index in [4.69, 9.17) is 23.2 Å². The fourth-order valence-corrected chi connectivity index (χ4v) is 3.92. The van der Waals surface area contributed by atoms with Crippen molar-refractivity contribution in [3.05, 3.63) is 63.6 Å². The first-order valence-corrected chi connectivity index (χ1v) is 10.6. The fourth-order valence-electron chi connectivity index (χ4n) is 3.47. The fraction of sp³-hybridized carbons (Fsp3) is 0.391. The molecule has 1 heterocycles. The van der Waals surface area contributed by atoms with E-state index >= 15 is 0 Å². The average Bonchev–Trinajstić information content (AvgIpc) is 2.69. The number of nitrogens with zero attached hydrogens (tertiary/aromatic N) is 1. The van der Waals surface area contributed by atoms with Crippen LogP contribution in [0.25, 0.3) is 0 Å². The van der Waals surface area contributed by atoms with Crippen LogP contribution in [0.2, 0.25) is 10.0 Å². The second-order valence-electron chi connectivity index (χ2n) is 8.51. The number of likely N-dealkylation sites (tertiary alicyclic amines) is 1. The summed E-state index contributed by atoms with van der Waals surface area (Å²) in [5.74, 6) is -0.199. The molecule has 154 valence electrons. The van der Waals surface area contributed by atoms with E-state index in [1.807, 2.05) is 29.2 Å². The molecule has 0 aliphatic carbocycles. The molecule has 0 saturated carbocycles. The third-order valence-electron chi connectivity index (χ3n) is 5.34. The largest absolute Gasteiger partial charge is 0.339 e. The molecule has 3 rings (SSSR count). The number of nitrogens with one attached hydrogen (secondary N) is 1. The summed E-state index contributed by atoms with van der Waals surface area (Å²) in [7, 11) is 0. The number of piperidine rings is 1. The molecular formula is C23H26Cl2N2O2. The molecular weight excluding hydrogens is 407 g/mol. The van der Waals surface area contributed by atoms with Gasteiger partial charge in [0, 0.05) is 29.6 Å². The van der Waals surface area contributed by atoms with Gasteiger partial charge in [0.05, 0.1) is 10.7 Å². The first kappa shape index (κ1) is 21.7. The van der Waals surface area contributed by atoms with Crippen molar-refractivity contribution in [1.29, 1.82) is 0 Å². The summed E-state index contributed by atoms with van der Waals surface area (Å²) in [5, 5.41) is 3.81. The molecule has 2 amide bonds. The number of amides is 2. The predicted molar refractivity (Wildman–Crippen MR) is 119 cm³/mol. The van der Waals surface area contributed by atoms with E-state index in [-0.39, 0.29) is 23.1 Å². The van der Waals surface area contributed by atoms with E-state index in [2.05, 4.69) is 26.1 Å². The van der Waals surface area contributed by atoms with E-state index in [1.165, 1.54) is 5.56 Å². The maximum absolute atomic E-state index is 12.8. The van der Waals surface area contributed by atoms with Crippen LogP contribution in [0.1, 0.15) is 49.5 Å². The van der Waals surface area contributed by atoms with Gasteiger partial charge < -0.3 is 10.2 Å². The second-order valence-corrected chi connectivity index (χ2v) is 9.35. The quantitative estimate of drug-likeness (QED) is 0.667. The summed E-state index contributed by atoms with van der Waals surface area (Å²) in [6.07, 6.45) is 1.26. The van der Waals surface area contributed by atoms with Gasteiger partial charge in [0.1, 0.15) is 0 Å². The minimum Gasteiger partial charge on any atom is -0.339 e. The molecule has 0 spiro atoms. The SMILES string of the molecule is CC(C)(C)c1ccc(C(=O)N2CCC(C(=O)Nc3ccc(Cl)cc3Cl)CC2)cc1. The maximum Gasteiger partial charge on any atom is 0.253 e. The van der Waals surface area contributed by atoms with E-state index in [0.717, 1.165) is 0 Å². The van der Waals surface area contributed by atoms with Gasteiger partial charge in [-0.15, -0.1) is 0 Å². The van der Waals surface area contributed by atoms with Crippen molar-refractivity contribution in [1.82, 2.24) is 4.90 Å². The summed E-state index contributed by atoms with van der Waals surface area (Å²) >= 11 is 12.0. The average molecular weight is 433 g/mol. The molecule has 1 fully saturated rings.